The van der Waals surface area contributed by atoms with Crippen LogP contribution in [0.3, 0.4) is 0 Å². The molecule has 8 nitrogen and oxygen atoms in total. The van der Waals surface area contributed by atoms with E-state index in [9.17, 15) is 4.79 Å². The molecule has 3 heterocycles. The van der Waals surface area contributed by atoms with Crippen molar-refractivity contribution in [2.24, 2.45) is 0 Å². The molecule has 0 aromatic carbocycles. The Bertz CT molecular complexity index is 679. The lowest BCUT2D eigenvalue weighted by molar-refractivity contribution is 0.0698. The van der Waals surface area contributed by atoms with Crippen LogP contribution in [-0.2, 0) is 11.3 Å². The second kappa shape index (κ2) is 6.74. The maximum absolute atomic E-state index is 12.4. The van der Waals surface area contributed by atoms with E-state index >= 15 is 0 Å². The lowest BCUT2D eigenvalue weighted by Gasteiger charge is -2.34. The van der Waals surface area contributed by atoms with Crippen LogP contribution in [0.4, 0.5) is 5.82 Å². The number of ether oxygens (including phenoxy) is 1. The number of piperazine rings is 1. The number of carbonyl (C=O) groups excluding carboxylic acids is 1. The van der Waals surface area contributed by atoms with Gasteiger partial charge in [0.15, 0.2) is 0 Å². The van der Waals surface area contributed by atoms with E-state index in [1.165, 1.54) is 7.11 Å². The van der Waals surface area contributed by atoms with Gasteiger partial charge in [-0.25, -0.2) is 4.98 Å². The Hall–Kier alpha value is -2.48. The molecular formula is C15H19N5O3. The molecule has 0 bridgehead atoms. The van der Waals surface area contributed by atoms with E-state index in [1.807, 2.05) is 25.1 Å². The maximum atomic E-state index is 12.4. The van der Waals surface area contributed by atoms with Crippen molar-refractivity contribution >= 4 is 11.7 Å². The molecule has 1 amide bonds. The molecular weight excluding hydrogens is 298 g/mol. The fraction of sp³-hybridized carbons (Fsp3) is 0.467. The average molecular weight is 317 g/mol. The summed E-state index contributed by atoms with van der Waals surface area (Å²) in [5, 5.41) is 7.57. The zero-order valence-electron chi connectivity index (χ0n) is 13.2. The van der Waals surface area contributed by atoms with Crippen molar-refractivity contribution in [3.8, 4) is 0 Å². The van der Waals surface area contributed by atoms with Crippen LogP contribution >= 0.6 is 0 Å². The second-order valence-electron chi connectivity index (χ2n) is 5.35. The summed E-state index contributed by atoms with van der Waals surface area (Å²) in [4.78, 5) is 20.8. The summed E-state index contributed by atoms with van der Waals surface area (Å²) >= 11 is 0. The molecule has 2 aromatic rings. The summed E-state index contributed by atoms with van der Waals surface area (Å²) in [5.41, 5.74) is 0.984. The minimum Gasteiger partial charge on any atom is -0.414 e. The third-order valence-corrected chi connectivity index (χ3v) is 3.68. The number of aromatic nitrogens is 3. The number of carbonyl (C=O) groups is 1. The minimum atomic E-state index is -0.239. The van der Waals surface area contributed by atoms with E-state index in [4.69, 9.17) is 9.15 Å². The zero-order chi connectivity index (χ0) is 16.2. The monoisotopic (exact) mass is 317 g/mol. The van der Waals surface area contributed by atoms with Gasteiger partial charge in [0.05, 0.1) is 0 Å². The molecule has 0 aliphatic carbocycles. The first-order chi connectivity index (χ1) is 11.2. The highest BCUT2D eigenvalue weighted by molar-refractivity contribution is 5.89. The summed E-state index contributed by atoms with van der Waals surface area (Å²) in [6.07, 6.45) is 0. The fourth-order valence-corrected chi connectivity index (χ4v) is 2.50. The molecule has 8 heteroatoms. The van der Waals surface area contributed by atoms with Gasteiger partial charge in [-0.3, -0.25) is 4.79 Å². The lowest BCUT2D eigenvalue weighted by Crippen LogP contribution is -2.49. The fourth-order valence-electron chi connectivity index (χ4n) is 2.50. The third kappa shape index (κ3) is 3.48. The Morgan fingerprint density at radius 3 is 2.74 bits per heavy atom. The quantitative estimate of drug-likeness (QED) is 0.827. The first kappa shape index (κ1) is 15.4. The van der Waals surface area contributed by atoms with E-state index in [1.54, 1.807) is 4.90 Å². The number of hydrogen-bond donors (Lipinski definition) is 0. The molecule has 0 atom stereocenters. The van der Waals surface area contributed by atoms with Gasteiger partial charge in [-0.1, -0.05) is 6.07 Å². The number of anilines is 1. The lowest BCUT2D eigenvalue weighted by atomic mass is 10.3. The van der Waals surface area contributed by atoms with Crippen molar-refractivity contribution in [1.82, 2.24) is 20.1 Å². The molecule has 1 saturated heterocycles. The van der Waals surface area contributed by atoms with Crippen molar-refractivity contribution in [2.75, 3.05) is 38.2 Å². The molecule has 1 aliphatic rings. The molecule has 0 saturated carbocycles. The van der Waals surface area contributed by atoms with Crippen LogP contribution in [0.25, 0.3) is 0 Å². The smallest absolute Gasteiger partial charge is 0.311 e. The van der Waals surface area contributed by atoms with Crippen LogP contribution < -0.4 is 4.90 Å². The first-order valence-corrected chi connectivity index (χ1v) is 7.46. The van der Waals surface area contributed by atoms with E-state index in [-0.39, 0.29) is 18.4 Å². The largest absolute Gasteiger partial charge is 0.414 e. The Labute approximate surface area is 134 Å². The van der Waals surface area contributed by atoms with E-state index < -0.39 is 0 Å². The number of hydrogen-bond acceptors (Lipinski definition) is 7. The van der Waals surface area contributed by atoms with Gasteiger partial charge in [-0.05, 0) is 19.1 Å². The Kier molecular flexibility index (Phi) is 4.52. The van der Waals surface area contributed by atoms with Gasteiger partial charge in [0.2, 0.25) is 5.89 Å². The number of rotatable bonds is 4. The van der Waals surface area contributed by atoms with E-state index in [0.717, 1.165) is 24.6 Å². The molecule has 0 spiro atoms. The van der Waals surface area contributed by atoms with Gasteiger partial charge in [0, 0.05) is 39.0 Å². The molecule has 2 aromatic heterocycles. The Balaban J connectivity index is 1.60. The van der Waals surface area contributed by atoms with Gasteiger partial charge >= 0.3 is 11.8 Å². The molecule has 0 N–H and O–H groups in total. The molecule has 3 rings (SSSR count). The predicted molar refractivity (Wildman–Crippen MR) is 82.1 cm³/mol. The van der Waals surface area contributed by atoms with Gasteiger partial charge in [0.25, 0.3) is 0 Å². The molecule has 1 aliphatic heterocycles. The molecule has 1 fully saturated rings. The topological polar surface area (TPSA) is 84.6 Å². The highest BCUT2D eigenvalue weighted by atomic mass is 16.5. The number of amides is 1. The van der Waals surface area contributed by atoms with E-state index in [2.05, 4.69) is 20.1 Å². The maximum Gasteiger partial charge on any atom is 0.311 e. The van der Waals surface area contributed by atoms with Crippen molar-refractivity contribution in [2.45, 2.75) is 13.5 Å². The third-order valence-electron chi connectivity index (χ3n) is 3.68. The van der Waals surface area contributed by atoms with Gasteiger partial charge < -0.3 is 19.0 Å². The SMILES string of the molecule is COCc1nnc(C(=O)N2CCN(c3cccc(C)n3)CC2)o1. The molecule has 0 unspecified atom stereocenters. The van der Waals surface area contributed by atoms with Crippen LogP contribution in [0.1, 0.15) is 22.3 Å². The van der Waals surface area contributed by atoms with Crippen molar-refractivity contribution in [1.29, 1.82) is 0 Å². The van der Waals surface area contributed by atoms with E-state index in [0.29, 0.717) is 19.0 Å². The van der Waals surface area contributed by atoms with Crippen molar-refractivity contribution in [3.05, 3.63) is 35.7 Å². The number of methoxy groups -OCH3 is 1. The summed E-state index contributed by atoms with van der Waals surface area (Å²) < 4.78 is 10.2. The van der Waals surface area contributed by atoms with Crippen LogP contribution in [-0.4, -0.2) is 59.3 Å². The summed E-state index contributed by atoms with van der Waals surface area (Å²) in [6.45, 7) is 4.80. The van der Waals surface area contributed by atoms with Crippen LogP contribution in [0.5, 0.6) is 0 Å². The van der Waals surface area contributed by atoms with Crippen LogP contribution in [0.2, 0.25) is 0 Å². The highest BCUT2D eigenvalue weighted by Crippen LogP contribution is 2.15. The van der Waals surface area contributed by atoms with Crippen molar-refractivity contribution < 1.29 is 13.9 Å². The summed E-state index contributed by atoms with van der Waals surface area (Å²) in [6, 6.07) is 5.95. The highest BCUT2D eigenvalue weighted by Gasteiger charge is 2.26. The summed E-state index contributed by atoms with van der Waals surface area (Å²) in [7, 11) is 1.53. The Morgan fingerprint density at radius 2 is 2.04 bits per heavy atom. The second-order valence-corrected chi connectivity index (χ2v) is 5.35. The standard InChI is InChI=1S/C15H19N5O3/c1-11-4-3-5-12(16-11)19-6-8-20(9-7-19)15(21)14-18-17-13(23-14)10-22-2/h3-5H,6-10H2,1-2H3. The van der Waals surface area contributed by atoms with Gasteiger partial charge in [-0.15, -0.1) is 10.2 Å². The summed E-state index contributed by atoms with van der Waals surface area (Å²) in [5.74, 6) is 1.02. The first-order valence-electron chi connectivity index (χ1n) is 7.46. The number of nitrogens with zero attached hydrogens (tertiary/aromatic N) is 5. The Morgan fingerprint density at radius 1 is 1.26 bits per heavy atom. The number of aryl methyl sites for hydroxylation is 1. The van der Waals surface area contributed by atoms with Crippen LogP contribution in [0.15, 0.2) is 22.6 Å². The van der Waals surface area contributed by atoms with Gasteiger partial charge in [-0.2, -0.15) is 0 Å². The van der Waals surface area contributed by atoms with Crippen molar-refractivity contribution in [3.63, 3.8) is 0 Å². The van der Waals surface area contributed by atoms with Crippen LogP contribution in [0, 0.1) is 6.92 Å². The molecule has 122 valence electrons. The molecule has 0 radical (unpaired) electrons. The minimum absolute atomic E-state index is 0.0131. The molecule has 23 heavy (non-hydrogen) atoms. The number of pyridine rings is 1. The zero-order valence-corrected chi connectivity index (χ0v) is 13.2. The average Bonchev–Trinajstić information content (AvgIpc) is 3.03. The van der Waals surface area contributed by atoms with Gasteiger partial charge in [0.1, 0.15) is 12.4 Å². The predicted octanol–water partition coefficient (Wildman–Crippen LogP) is 0.882. The normalized spacial score (nSPS) is 15.0.